The molecule has 140 valence electrons. The molecule has 2 amide bonds. The lowest BCUT2D eigenvalue weighted by Gasteiger charge is -2.20. The lowest BCUT2D eigenvalue weighted by molar-refractivity contribution is -0.384. The molecule has 0 aromatic heterocycles. The van der Waals surface area contributed by atoms with Crippen LogP contribution in [0.5, 0.6) is 0 Å². The van der Waals surface area contributed by atoms with E-state index in [1.54, 1.807) is 17.9 Å². The number of nitrogens with one attached hydrogen (secondary N) is 1. The van der Waals surface area contributed by atoms with E-state index in [1.807, 2.05) is 32.0 Å². The fourth-order valence-electron chi connectivity index (χ4n) is 3.24. The first-order valence-electron chi connectivity index (χ1n) is 8.70. The van der Waals surface area contributed by atoms with Gasteiger partial charge in [-0.2, -0.15) is 0 Å². The van der Waals surface area contributed by atoms with Gasteiger partial charge in [0.15, 0.2) is 0 Å². The van der Waals surface area contributed by atoms with Gasteiger partial charge in [0.2, 0.25) is 11.8 Å². The summed E-state index contributed by atoms with van der Waals surface area (Å²) < 4.78 is 0. The van der Waals surface area contributed by atoms with Gasteiger partial charge in [-0.3, -0.25) is 19.7 Å². The fourth-order valence-corrected chi connectivity index (χ4v) is 3.24. The Hall–Kier alpha value is -3.22. The Morgan fingerprint density at radius 1 is 1.19 bits per heavy atom. The van der Waals surface area contributed by atoms with Crippen LogP contribution in [0.15, 0.2) is 36.4 Å². The van der Waals surface area contributed by atoms with Crippen molar-refractivity contribution in [3.63, 3.8) is 0 Å². The molecule has 1 heterocycles. The van der Waals surface area contributed by atoms with E-state index in [4.69, 9.17) is 0 Å². The molecular weight excluding hydrogens is 346 g/mol. The molecule has 1 N–H and O–H groups in total. The molecule has 2 aromatic carbocycles. The quantitative estimate of drug-likeness (QED) is 0.661. The van der Waals surface area contributed by atoms with Gasteiger partial charge >= 0.3 is 0 Å². The number of non-ortho nitro benzene ring substituents is 1. The van der Waals surface area contributed by atoms with E-state index in [0.29, 0.717) is 12.2 Å². The molecule has 0 bridgehead atoms. The normalized spacial score (nSPS) is 16.5. The molecule has 1 saturated heterocycles. The minimum Gasteiger partial charge on any atom is -0.325 e. The maximum absolute atomic E-state index is 12.7. The van der Waals surface area contributed by atoms with Crippen LogP contribution in [0.3, 0.4) is 0 Å². The summed E-state index contributed by atoms with van der Waals surface area (Å²) in [7, 11) is 0. The largest absolute Gasteiger partial charge is 0.325 e. The van der Waals surface area contributed by atoms with Crippen LogP contribution in [0.2, 0.25) is 0 Å². The van der Waals surface area contributed by atoms with Crippen LogP contribution in [0.4, 0.5) is 17.1 Å². The molecule has 1 aliphatic heterocycles. The molecule has 2 aromatic rings. The second-order valence-corrected chi connectivity index (χ2v) is 6.87. The second-order valence-electron chi connectivity index (χ2n) is 6.87. The highest BCUT2D eigenvalue weighted by molar-refractivity contribution is 6.04. The van der Waals surface area contributed by atoms with Crippen LogP contribution < -0.4 is 10.2 Å². The van der Waals surface area contributed by atoms with Gasteiger partial charge in [-0.1, -0.05) is 18.2 Å². The van der Waals surface area contributed by atoms with Crippen LogP contribution in [0.25, 0.3) is 0 Å². The van der Waals surface area contributed by atoms with E-state index in [0.717, 1.165) is 22.4 Å². The Morgan fingerprint density at radius 2 is 1.93 bits per heavy atom. The molecule has 0 aliphatic carbocycles. The van der Waals surface area contributed by atoms with E-state index in [1.165, 1.54) is 12.1 Å². The Morgan fingerprint density at radius 3 is 2.63 bits per heavy atom. The summed E-state index contributed by atoms with van der Waals surface area (Å²) in [5, 5.41) is 13.7. The maximum Gasteiger partial charge on any atom is 0.271 e. The number of rotatable bonds is 4. The van der Waals surface area contributed by atoms with Crippen LogP contribution in [-0.2, 0) is 9.59 Å². The van der Waals surface area contributed by atoms with Crippen molar-refractivity contribution in [1.82, 2.24) is 0 Å². The average Bonchev–Trinajstić information content (AvgIpc) is 3.01. The first-order valence-corrected chi connectivity index (χ1v) is 8.70. The third-order valence-corrected chi connectivity index (χ3v) is 5.05. The first kappa shape index (κ1) is 18.6. The highest BCUT2D eigenvalue weighted by Gasteiger charge is 2.36. The Labute approximate surface area is 157 Å². The van der Waals surface area contributed by atoms with E-state index in [9.17, 15) is 19.7 Å². The van der Waals surface area contributed by atoms with Gasteiger partial charge in [-0.05, 0) is 43.5 Å². The molecule has 1 atom stereocenters. The zero-order chi connectivity index (χ0) is 19.7. The average molecular weight is 367 g/mol. The van der Waals surface area contributed by atoms with E-state index >= 15 is 0 Å². The summed E-state index contributed by atoms with van der Waals surface area (Å²) in [6.45, 7) is 6.00. The van der Waals surface area contributed by atoms with Crippen molar-refractivity contribution >= 4 is 28.9 Å². The zero-order valence-electron chi connectivity index (χ0n) is 15.5. The van der Waals surface area contributed by atoms with Gasteiger partial charge in [0.25, 0.3) is 5.69 Å². The van der Waals surface area contributed by atoms with E-state index in [2.05, 4.69) is 5.32 Å². The van der Waals surface area contributed by atoms with Gasteiger partial charge in [-0.25, -0.2) is 0 Å². The summed E-state index contributed by atoms with van der Waals surface area (Å²) in [6, 6.07) is 10.1. The molecule has 7 nitrogen and oxygen atoms in total. The summed E-state index contributed by atoms with van der Waals surface area (Å²) in [4.78, 5) is 37.2. The zero-order valence-corrected chi connectivity index (χ0v) is 15.5. The van der Waals surface area contributed by atoms with Crippen molar-refractivity contribution in [3.8, 4) is 0 Å². The lowest BCUT2D eigenvalue weighted by Crippen LogP contribution is -2.28. The Balaban J connectivity index is 1.78. The summed E-state index contributed by atoms with van der Waals surface area (Å²) in [5.41, 5.74) is 3.95. The van der Waals surface area contributed by atoms with E-state index in [-0.39, 0.29) is 23.9 Å². The van der Waals surface area contributed by atoms with Crippen molar-refractivity contribution < 1.29 is 14.5 Å². The second kappa shape index (κ2) is 7.19. The number of hydrogen-bond acceptors (Lipinski definition) is 4. The third-order valence-electron chi connectivity index (χ3n) is 5.05. The Bertz CT molecular complexity index is 939. The summed E-state index contributed by atoms with van der Waals surface area (Å²) >= 11 is 0. The molecule has 0 saturated carbocycles. The van der Waals surface area contributed by atoms with Crippen LogP contribution in [-0.4, -0.2) is 23.3 Å². The first-order chi connectivity index (χ1) is 12.8. The topological polar surface area (TPSA) is 92.5 Å². The number of carbonyl (C=O) groups is 2. The highest BCUT2D eigenvalue weighted by atomic mass is 16.6. The number of aryl methyl sites for hydroxylation is 2. The fraction of sp³-hybridized carbons (Fsp3) is 0.300. The van der Waals surface area contributed by atoms with Gasteiger partial charge in [0.1, 0.15) is 0 Å². The minimum atomic E-state index is -0.504. The van der Waals surface area contributed by atoms with Crippen molar-refractivity contribution in [2.45, 2.75) is 27.2 Å². The number of nitro benzene ring substituents is 1. The lowest BCUT2D eigenvalue weighted by atomic mass is 10.1. The van der Waals surface area contributed by atoms with Crippen molar-refractivity contribution in [3.05, 3.63) is 63.2 Å². The molecular formula is C20H21N3O4. The van der Waals surface area contributed by atoms with Crippen LogP contribution in [0, 0.1) is 36.8 Å². The third kappa shape index (κ3) is 3.67. The molecule has 27 heavy (non-hydrogen) atoms. The number of carbonyl (C=O) groups excluding carboxylic acids is 2. The van der Waals surface area contributed by atoms with Crippen molar-refractivity contribution in [2.24, 2.45) is 5.92 Å². The molecule has 0 unspecified atom stereocenters. The van der Waals surface area contributed by atoms with Gasteiger partial charge in [0.05, 0.1) is 16.5 Å². The number of benzene rings is 2. The van der Waals surface area contributed by atoms with Crippen molar-refractivity contribution in [1.29, 1.82) is 0 Å². The predicted molar refractivity (Wildman–Crippen MR) is 103 cm³/mol. The number of nitro groups is 1. The van der Waals surface area contributed by atoms with Gasteiger partial charge in [0, 0.05) is 30.8 Å². The summed E-state index contributed by atoms with van der Waals surface area (Å²) in [5.74, 6) is -0.907. The van der Waals surface area contributed by atoms with Gasteiger partial charge < -0.3 is 10.2 Å². The Kier molecular flexibility index (Phi) is 4.94. The molecule has 1 fully saturated rings. The highest BCUT2D eigenvalue weighted by Crippen LogP contribution is 2.30. The number of amides is 2. The molecule has 1 aliphatic rings. The minimum absolute atomic E-state index is 0.0876. The van der Waals surface area contributed by atoms with E-state index < -0.39 is 10.8 Å². The predicted octanol–water partition coefficient (Wildman–Crippen LogP) is 3.51. The monoisotopic (exact) mass is 367 g/mol. The SMILES string of the molecule is Cc1ccc([N+](=O)[O-])cc1NC(=O)[C@H]1CC(=O)N(c2cccc(C)c2C)C1. The number of nitrogens with zero attached hydrogens (tertiary/aromatic N) is 2. The molecule has 0 radical (unpaired) electrons. The number of hydrogen-bond donors (Lipinski definition) is 1. The van der Waals surface area contributed by atoms with Gasteiger partial charge in [-0.15, -0.1) is 0 Å². The maximum atomic E-state index is 12.7. The standard InChI is InChI=1S/C20H21N3O4/c1-12-5-4-6-18(14(12)3)22-11-15(9-19(22)24)20(25)21-17-10-16(23(26)27)8-7-13(17)2/h4-8,10,15H,9,11H2,1-3H3,(H,21,25)/t15-/m0/s1. The summed E-state index contributed by atoms with van der Waals surface area (Å²) in [6.07, 6.45) is 0.118. The number of anilines is 2. The molecule has 7 heteroatoms. The van der Waals surface area contributed by atoms with Crippen molar-refractivity contribution in [2.75, 3.05) is 16.8 Å². The molecule has 0 spiro atoms. The smallest absolute Gasteiger partial charge is 0.271 e. The van der Waals surface area contributed by atoms with Crippen LogP contribution in [0.1, 0.15) is 23.1 Å². The van der Waals surface area contributed by atoms with Crippen LogP contribution >= 0.6 is 0 Å². The molecule has 3 rings (SSSR count).